The van der Waals surface area contributed by atoms with Crippen LogP contribution in [0.3, 0.4) is 0 Å². The Morgan fingerprint density at radius 3 is 2.15 bits per heavy atom. The van der Waals surface area contributed by atoms with Crippen LogP contribution in [0, 0.1) is 16.7 Å². The first-order valence-corrected chi connectivity index (χ1v) is 8.71. The third kappa shape index (κ3) is 5.04. The van der Waals surface area contributed by atoms with Crippen molar-refractivity contribution in [2.24, 2.45) is 16.7 Å². The highest BCUT2D eigenvalue weighted by atomic mass is 16.3. The minimum atomic E-state index is 0.0930. The Morgan fingerprint density at radius 1 is 1.00 bits per heavy atom. The van der Waals surface area contributed by atoms with Crippen molar-refractivity contribution in [3.63, 3.8) is 0 Å². The van der Waals surface area contributed by atoms with E-state index in [2.05, 4.69) is 39.9 Å². The van der Waals surface area contributed by atoms with Crippen LogP contribution in [-0.4, -0.2) is 24.3 Å². The average molecular weight is 284 g/mol. The zero-order valence-corrected chi connectivity index (χ0v) is 14.5. The molecule has 0 aliphatic heterocycles. The van der Waals surface area contributed by atoms with Crippen LogP contribution in [0.1, 0.15) is 79.6 Å². The van der Waals surface area contributed by atoms with E-state index in [0.717, 1.165) is 25.3 Å². The molecule has 0 heterocycles. The van der Waals surface area contributed by atoms with E-state index in [0.29, 0.717) is 18.1 Å². The Morgan fingerprint density at radius 2 is 1.65 bits per heavy atom. The summed E-state index contributed by atoms with van der Waals surface area (Å²) >= 11 is 0. The Labute approximate surface area is 126 Å². The van der Waals surface area contributed by atoms with Crippen LogP contribution in [0.5, 0.6) is 0 Å². The normalized spacial score (nSPS) is 25.5. The molecule has 0 aromatic heterocycles. The van der Waals surface area contributed by atoms with E-state index in [-0.39, 0.29) is 5.41 Å². The third-order valence-corrected chi connectivity index (χ3v) is 5.79. The molecule has 0 aromatic carbocycles. The molecular weight excluding hydrogens is 246 g/mol. The molecule has 1 fully saturated rings. The Balaban J connectivity index is 2.46. The number of rotatable bonds is 6. The lowest BCUT2D eigenvalue weighted by molar-refractivity contribution is 0.108. The Kier molecular flexibility index (Phi) is 7.00. The van der Waals surface area contributed by atoms with Gasteiger partial charge >= 0.3 is 0 Å². The molecule has 0 spiro atoms. The fourth-order valence-corrected chi connectivity index (χ4v) is 3.51. The highest BCUT2D eigenvalue weighted by Gasteiger charge is 2.30. The molecule has 1 aliphatic carbocycles. The highest BCUT2D eigenvalue weighted by molar-refractivity contribution is 4.84. The van der Waals surface area contributed by atoms with E-state index in [1.807, 2.05) is 0 Å². The van der Waals surface area contributed by atoms with Crippen LogP contribution in [0.2, 0.25) is 0 Å². The second-order valence-corrected chi connectivity index (χ2v) is 8.01. The van der Waals surface area contributed by atoms with Gasteiger partial charge in [0.2, 0.25) is 0 Å². The molecule has 2 unspecified atom stereocenters. The smallest absolute Gasteiger partial charge is 0.0499 e. The quantitative estimate of drug-likeness (QED) is 0.709. The van der Waals surface area contributed by atoms with Crippen LogP contribution >= 0.6 is 0 Å². The summed E-state index contributed by atoms with van der Waals surface area (Å²) < 4.78 is 0. The maximum atomic E-state index is 9.67. The number of hydrogen-bond acceptors (Lipinski definition) is 2. The third-order valence-electron chi connectivity index (χ3n) is 5.79. The van der Waals surface area contributed by atoms with Crippen LogP contribution < -0.4 is 5.32 Å². The van der Waals surface area contributed by atoms with Gasteiger partial charge in [-0.05, 0) is 49.9 Å². The van der Waals surface area contributed by atoms with Crippen molar-refractivity contribution in [2.75, 3.05) is 13.2 Å². The molecule has 20 heavy (non-hydrogen) atoms. The van der Waals surface area contributed by atoms with E-state index in [9.17, 15) is 5.11 Å². The number of hydrogen-bond donors (Lipinski definition) is 2. The predicted octanol–water partition coefficient (Wildman–Crippen LogP) is 4.37. The van der Waals surface area contributed by atoms with Crippen LogP contribution in [-0.2, 0) is 0 Å². The van der Waals surface area contributed by atoms with Gasteiger partial charge in [0.15, 0.2) is 0 Å². The van der Waals surface area contributed by atoms with Crippen molar-refractivity contribution in [1.29, 1.82) is 0 Å². The number of aliphatic hydroxyl groups excluding tert-OH is 1. The van der Waals surface area contributed by atoms with Gasteiger partial charge < -0.3 is 10.4 Å². The standard InChI is InChI=1S/C18H37NO/c1-6-18(7-2,14-20)13-19-16-10-8-9-15(11-12-16)17(3,4)5/h15-16,19-20H,6-14H2,1-5H3. The molecule has 2 atom stereocenters. The molecule has 120 valence electrons. The topological polar surface area (TPSA) is 32.3 Å². The monoisotopic (exact) mass is 283 g/mol. The molecule has 1 aliphatic rings. The fourth-order valence-electron chi connectivity index (χ4n) is 3.51. The van der Waals surface area contributed by atoms with Crippen molar-refractivity contribution in [1.82, 2.24) is 5.32 Å². The van der Waals surface area contributed by atoms with Crippen LogP contribution in [0.15, 0.2) is 0 Å². The van der Waals surface area contributed by atoms with Crippen molar-refractivity contribution in [3.05, 3.63) is 0 Å². The van der Waals surface area contributed by atoms with Gasteiger partial charge in [0, 0.05) is 24.6 Å². The van der Waals surface area contributed by atoms with Crippen LogP contribution in [0.25, 0.3) is 0 Å². The largest absolute Gasteiger partial charge is 0.396 e. The van der Waals surface area contributed by atoms with Gasteiger partial charge in [0.1, 0.15) is 0 Å². The number of aliphatic hydroxyl groups is 1. The predicted molar refractivity (Wildman–Crippen MR) is 87.9 cm³/mol. The molecule has 2 N–H and O–H groups in total. The molecule has 1 saturated carbocycles. The van der Waals surface area contributed by atoms with E-state index >= 15 is 0 Å². The van der Waals surface area contributed by atoms with E-state index < -0.39 is 0 Å². The molecule has 1 rings (SSSR count). The molecule has 2 heteroatoms. The van der Waals surface area contributed by atoms with Gasteiger partial charge in [0.05, 0.1) is 0 Å². The molecule has 2 nitrogen and oxygen atoms in total. The van der Waals surface area contributed by atoms with Gasteiger partial charge in [-0.3, -0.25) is 0 Å². The summed E-state index contributed by atoms with van der Waals surface area (Å²) in [5.74, 6) is 0.870. The summed E-state index contributed by atoms with van der Waals surface area (Å²) in [5.41, 5.74) is 0.548. The van der Waals surface area contributed by atoms with Crippen molar-refractivity contribution >= 4 is 0 Å². The second kappa shape index (κ2) is 7.79. The lowest BCUT2D eigenvalue weighted by Crippen LogP contribution is -2.41. The lowest BCUT2D eigenvalue weighted by Gasteiger charge is -2.32. The molecule has 0 aromatic rings. The highest BCUT2D eigenvalue weighted by Crippen LogP contribution is 2.37. The second-order valence-electron chi connectivity index (χ2n) is 8.01. The Hall–Kier alpha value is -0.0800. The summed E-state index contributed by atoms with van der Waals surface area (Å²) in [6, 6.07) is 0.659. The lowest BCUT2D eigenvalue weighted by atomic mass is 9.76. The first kappa shape index (κ1) is 18.0. The zero-order valence-electron chi connectivity index (χ0n) is 14.5. The Bertz CT molecular complexity index is 257. The van der Waals surface area contributed by atoms with Crippen LogP contribution in [0.4, 0.5) is 0 Å². The molecule has 0 amide bonds. The minimum absolute atomic E-state index is 0.0930. The molecule has 0 radical (unpaired) electrons. The maximum Gasteiger partial charge on any atom is 0.0499 e. The van der Waals surface area contributed by atoms with Crippen molar-refractivity contribution in [2.45, 2.75) is 85.6 Å². The summed E-state index contributed by atoms with van der Waals surface area (Å²) in [7, 11) is 0. The zero-order chi connectivity index (χ0) is 15.2. The first-order chi connectivity index (χ1) is 9.37. The molecule has 0 saturated heterocycles. The van der Waals surface area contributed by atoms with Crippen molar-refractivity contribution < 1.29 is 5.11 Å². The van der Waals surface area contributed by atoms with E-state index in [4.69, 9.17) is 0 Å². The van der Waals surface area contributed by atoms with Gasteiger partial charge in [-0.2, -0.15) is 0 Å². The average Bonchev–Trinajstić information content (AvgIpc) is 2.66. The fraction of sp³-hybridized carbons (Fsp3) is 1.00. The van der Waals surface area contributed by atoms with Gasteiger partial charge in [-0.1, -0.05) is 41.0 Å². The van der Waals surface area contributed by atoms with Gasteiger partial charge in [0.25, 0.3) is 0 Å². The summed E-state index contributed by atoms with van der Waals surface area (Å²) in [6.45, 7) is 12.8. The van der Waals surface area contributed by atoms with E-state index in [1.165, 1.54) is 32.1 Å². The summed E-state index contributed by atoms with van der Waals surface area (Å²) in [6.07, 6.45) is 8.82. The maximum absolute atomic E-state index is 9.67. The first-order valence-electron chi connectivity index (χ1n) is 8.71. The minimum Gasteiger partial charge on any atom is -0.396 e. The SMILES string of the molecule is CCC(CC)(CO)CNC1CCCC(C(C)(C)C)CC1. The number of nitrogens with one attached hydrogen (secondary N) is 1. The van der Waals surface area contributed by atoms with E-state index in [1.54, 1.807) is 0 Å². The molecular formula is C18H37NO. The summed E-state index contributed by atoms with van der Waals surface area (Å²) in [5, 5.41) is 13.4. The summed E-state index contributed by atoms with van der Waals surface area (Å²) in [4.78, 5) is 0. The van der Waals surface area contributed by atoms with Gasteiger partial charge in [-0.25, -0.2) is 0 Å². The van der Waals surface area contributed by atoms with Crippen molar-refractivity contribution in [3.8, 4) is 0 Å². The molecule has 0 bridgehead atoms. The van der Waals surface area contributed by atoms with Gasteiger partial charge in [-0.15, -0.1) is 0 Å².